The molecular weight excluding hydrogens is 632 g/mol. The van der Waals surface area contributed by atoms with Crippen LogP contribution in [0, 0.1) is 40.8 Å². The van der Waals surface area contributed by atoms with Gasteiger partial charge in [-0.3, -0.25) is 0 Å². The minimum atomic E-state index is -3.83. The molecule has 11 heteroatoms. The average molecular weight is 663 g/mol. The predicted octanol–water partition coefficient (Wildman–Crippen LogP) is 10.4. The first-order valence-electron chi connectivity index (χ1n) is 15.0. The zero-order chi connectivity index (χ0) is 33.7. The summed E-state index contributed by atoms with van der Waals surface area (Å²) in [6.07, 6.45) is 1.49. The molecule has 0 atom stereocenters. The summed E-state index contributed by atoms with van der Waals surface area (Å²) in [5.41, 5.74) is -0.140. The minimum absolute atomic E-state index is 0.0208. The molecule has 5 rings (SSSR count). The van der Waals surface area contributed by atoms with Crippen molar-refractivity contribution >= 4 is 6.08 Å². The van der Waals surface area contributed by atoms with Crippen molar-refractivity contribution in [1.82, 2.24) is 0 Å². The molecule has 0 bridgehead atoms. The Morgan fingerprint density at radius 3 is 2.00 bits per heavy atom. The van der Waals surface area contributed by atoms with Crippen LogP contribution in [0.1, 0.15) is 54.7 Å². The van der Waals surface area contributed by atoms with Crippen LogP contribution in [0.4, 0.5) is 35.1 Å². The van der Waals surface area contributed by atoms with Crippen LogP contribution in [0.25, 0.3) is 17.2 Å². The maximum absolute atomic E-state index is 14.8. The van der Waals surface area contributed by atoms with E-state index in [1.807, 2.05) is 0 Å². The SMILES string of the molecule is CCCCCc1ccc(C(F)(F)Oc2cc(F)c(C=CC3COC(c4ccc(-c5cc(F)c(F)c(F)c5)c(F)c4)OC3)c(F)c2)cc1. The fraction of sp³-hybridized carbons (Fsp3) is 0.278. The molecule has 0 aliphatic carbocycles. The Morgan fingerprint density at radius 2 is 1.40 bits per heavy atom. The zero-order valence-corrected chi connectivity index (χ0v) is 25.2. The molecule has 4 aromatic rings. The Balaban J connectivity index is 1.18. The Kier molecular flexibility index (Phi) is 10.7. The molecule has 1 fully saturated rings. The topological polar surface area (TPSA) is 27.7 Å². The van der Waals surface area contributed by atoms with Gasteiger partial charge in [-0.05, 0) is 54.3 Å². The van der Waals surface area contributed by atoms with Gasteiger partial charge >= 0.3 is 6.11 Å². The van der Waals surface area contributed by atoms with Crippen molar-refractivity contribution in [3.8, 4) is 16.9 Å². The lowest BCUT2D eigenvalue weighted by molar-refractivity contribution is -0.197. The van der Waals surface area contributed by atoms with Gasteiger partial charge in [0, 0.05) is 34.7 Å². The molecule has 0 spiro atoms. The molecule has 1 aliphatic heterocycles. The smallest absolute Gasteiger partial charge is 0.426 e. The Labute approximate surface area is 266 Å². The summed E-state index contributed by atoms with van der Waals surface area (Å²) in [5, 5.41) is 0. The van der Waals surface area contributed by atoms with Crippen molar-refractivity contribution < 1.29 is 49.3 Å². The highest BCUT2D eigenvalue weighted by Gasteiger charge is 2.35. The number of alkyl halides is 2. The molecule has 1 saturated heterocycles. The quantitative estimate of drug-likeness (QED) is 0.0909. The van der Waals surface area contributed by atoms with Crippen molar-refractivity contribution in [2.75, 3.05) is 13.2 Å². The normalized spacial score (nSPS) is 17.0. The number of rotatable bonds is 11. The van der Waals surface area contributed by atoms with Gasteiger partial charge in [-0.1, -0.05) is 56.2 Å². The summed E-state index contributed by atoms with van der Waals surface area (Å²) in [6, 6.07) is 12.0. The highest BCUT2D eigenvalue weighted by atomic mass is 19.3. The molecule has 0 saturated carbocycles. The maximum atomic E-state index is 14.8. The molecule has 0 unspecified atom stereocenters. The highest BCUT2D eigenvalue weighted by molar-refractivity contribution is 5.65. The summed E-state index contributed by atoms with van der Waals surface area (Å²) in [4.78, 5) is 0. The van der Waals surface area contributed by atoms with Gasteiger partial charge in [0.25, 0.3) is 0 Å². The molecule has 0 radical (unpaired) electrons. The summed E-state index contributed by atoms with van der Waals surface area (Å²) >= 11 is 0. The lowest BCUT2D eigenvalue weighted by Gasteiger charge is -2.28. The van der Waals surface area contributed by atoms with E-state index in [0.29, 0.717) is 24.3 Å². The largest absolute Gasteiger partial charge is 0.429 e. The highest BCUT2D eigenvalue weighted by Crippen LogP contribution is 2.35. The molecule has 47 heavy (non-hydrogen) atoms. The van der Waals surface area contributed by atoms with E-state index in [2.05, 4.69) is 6.92 Å². The van der Waals surface area contributed by atoms with E-state index in [1.54, 1.807) is 12.1 Å². The third kappa shape index (κ3) is 8.20. The van der Waals surface area contributed by atoms with E-state index in [-0.39, 0.29) is 29.9 Å². The molecule has 0 amide bonds. The van der Waals surface area contributed by atoms with Gasteiger partial charge in [-0.15, -0.1) is 0 Å². The minimum Gasteiger partial charge on any atom is -0.429 e. The second-order valence-corrected chi connectivity index (χ2v) is 11.2. The maximum Gasteiger partial charge on any atom is 0.426 e. The third-order valence-corrected chi connectivity index (χ3v) is 7.68. The van der Waals surface area contributed by atoms with Crippen LogP contribution in [0.3, 0.4) is 0 Å². The van der Waals surface area contributed by atoms with Gasteiger partial charge < -0.3 is 14.2 Å². The van der Waals surface area contributed by atoms with Gasteiger partial charge in [0.1, 0.15) is 23.2 Å². The summed E-state index contributed by atoms with van der Waals surface area (Å²) in [6.45, 7) is 2.11. The fourth-order valence-electron chi connectivity index (χ4n) is 5.11. The van der Waals surface area contributed by atoms with Gasteiger partial charge in [-0.2, -0.15) is 8.78 Å². The van der Waals surface area contributed by atoms with E-state index in [0.717, 1.165) is 43.4 Å². The zero-order valence-electron chi connectivity index (χ0n) is 25.2. The first-order chi connectivity index (χ1) is 22.4. The van der Waals surface area contributed by atoms with Crippen LogP contribution in [-0.2, 0) is 22.0 Å². The fourth-order valence-corrected chi connectivity index (χ4v) is 5.11. The van der Waals surface area contributed by atoms with E-state index >= 15 is 0 Å². The van der Waals surface area contributed by atoms with Crippen molar-refractivity contribution in [3.05, 3.63) is 130 Å². The Morgan fingerprint density at radius 1 is 0.766 bits per heavy atom. The number of unbranched alkanes of at least 4 members (excludes halogenated alkanes) is 2. The molecule has 0 aromatic heterocycles. The Hall–Kier alpha value is -4.22. The molecule has 1 heterocycles. The van der Waals surface area contributed by atoms with Gasteiger partial charge in [0.15, 0.2) is 23.7 Å². The predicted molar refractivity (Wildman–Crippen MR) is 159 cm³/mol. The first-order valence-corrected chi connectivity index (χ1v) is 15.0. The van der Waals surface area contributed by atoms with Gasteiger partial charge in [0.2, 0.25) is 0 Å². The van der Waals surface area contributed by atoms with Crippen LogP contribution in [0.2, 0.25) is 0 Å². The van der Waals surface area contributed by atoms with Gasteiger partial charge in [0.05, 0.1) is 18.8 Å². The van der Waals surface area contributed by atoms with Crippen molar-refractivity contribution in [2.45, 2.75) is 45.0 Å². The monoisotopic (exact) mass is 662 g/mol. The molecule has 3 nitrogen and oxygen atoms in total. The third-order valence-electron chi connectivity index (χ3n) is 7.68. The second kappa shape index (κ2) is 14.7. The van der Waals surface area contributed by atoms with Crippen LogP contribution in [0.5, 0.6) is 5.75 Å². The summed E-state index contributed by atoms with van der Waals surface area (Å²) in [7, 11) is 0. The lowest BCUT2D eigenvalue weighted by Crippen LogP contribution is -2.25. The summed E-state index contributed by atoms with van der Waals surface area (Å²) < 4.78 is 130. The second-order valence-electron chi connectivity index (χ2n) is 11.2. The standard InChI is InChI=1S/C36H30F8O3/c1-2-3-4-5-21-6-10-25(11-7-21)36(43,44)47-26-17-30(38)28(31(39)18-26)12-8-22-19-45-35(46-20-22)23-9-13-27(29(37)14-23)24-15-32(40)34(42)33(41)16-24/h6-18,22,35H,2-5,19-20H2,1H3. The number of ether oxygens (including phenoxy) is 3. The van der Waals surface area contributed by atoms with E-state index in [9.17, 15) is 35.1 Å². The Bertz CT molecular complexity index is 1690. The van der Waals surface area contributed by atoms with Crippen LogP contribution in [0.15, 0.2) is 72.8 Å². The van der Waals surface area contributed by atoms with Crippen molar-refractivity contribution in [1.29, 1.82) is 0 Å². The summed E-state index contributed by atoms with van der Waals surface area (Å²) in [5.74, 6) is -8.82. The van der Waals surface area contributed by atoms with Crippen LogP contribution < -0.4 is 4.74 Å². The van der Waals surface area contributed by atoms with Crippen LogP contribution in [-0.4, -0.2) is 13.2 Å². The lowest BCUT2D eigenvalue weighted by atomic mass is 10.0. The molecule has 0 N–H and O–H groups in total. The van der Waals surface area contributed by atoms with Crippen molar-refractivity contribution in [2.24, 2.45) is 5.92 Å². The van der Waals surface area contributed by atoms with Crippen molar-refractivity contribution in [3.63, 3.8) is 0 Å². The molecular formula is C36H30F8O3. The first kappa shape index (κ1) is 34.1. The number of hydrogen-bond donors (Lipinski definition) is 0. The molecule has 1 aliphatic rings. The van der Waals surface area contributed by atoms with E-state index in [4.69, 9.17) is 14.2 Å². The number of hydrogen-bond acceptors (Lipinski definition) is 3. The molecule has 4 aromatic carbocycles. The van der Waals surface area contributed by atoms with E-state index < -0.39 is 70.1 Å². The molecule has 248 valence electrons. The van der Waals surface area contributed by atoms with Crippen LogP contribution >= 0.6 is 0 Å². The number of benzene rings is 4. The van der Waals surface area contributed by atoms with E-state index in [1.165, 1.54) is 30.3 Å². The number of halogens is 8. The number of aryl methyl sites for hydroxylation is 1. The van der Waals surface area contributed by atoms with Gasteiger partial charge in [-0.25, -0.2) is 26.3 Å². The average Bonchev–Trinajstić information content (AvgIpc) is 3.03.